The van der Waals surface area contributed by atoms with Crippen molar-refractivity contribution in [1.82, 2.24) is 0 Å². The molecule has 0 N–H and O–H groups in total. The van der Waals surface area contributed by atoms with Crippen LogP contribution < -0.4 is 19.6 Å². The van der Waals surface area contributed by atoms with Crippen LogP contribution in [0.2, 0.25) is 0 Å². The van der Waals surface area contributed by atoms with E-state index in [-0.39, 0.29) is 21.1 Å². The maximum Gasteiger partial charge on any atom is 4.00 e. The van der Waals surface area contributed by atoms with Gasteiger partial charge in [0, 0.05) is 33.9 Å². The van der Waals surface area contributed by atoms with E-state index < -0.39 is 5.66 Å². The Morgan fingerprint density at radius 1 is 0.419 bits per heavy atom. The average Bonchev–Trinajstić information content (AvgIpc) is 3.93. The van der Waals surface area contributed by atoms with Crippen LogP contribution in [-0.4, -0.2) is 0 Å². The SMILES string of the molecule is Cc1cc(C)c(-c2cc[c-]c(N3[CH-]N(C4(N5[CH-]N(c6[c-]ccc(-c7c(C)cc(C)cc7C)c6)c6ccccc65)c5ccccc5-c5ccccc54)c4ccccc43)c2)c(C)c1.[Pt+4]. The van der Waals surface area contributed by atoms with Crippen molar-refractivity contribution in [3.8, 4) is 33.4 Å². The molecular weight excluding hydrogens is 936 g/mol. The molecule has 0 spiro atoms. The van der Waals surface area contributed by atoms with E-state index in [9.17, 15) is 0 Å². The van der Waals surface area contributed by atoms with E-state index in [1.54, 1.807) is 0 Å². The third kappa shape index (κ3) is 5.98. The van der Waals surface area contributed by atoms with Gasteiger partial charge < -0.3 is 19.6 Å². The molecule has 304 valence electrons. The van der Waals surface area contributed by atoms with Crippen molar-refractivity contribution in [3.63, 3.8) is 0 Å². The number of para-hydroxylation sites is 4. The summed E-state index contributed by atoms with van der Waals surface area (Å²) in [7, 11) is 0. The number of rotatable bonds is 6. The van der Waals surface area contributed by atoms with E-state index >= 15 is 0 Å². The summed E-state index contributed by atoms with van der Waals surface area (Å²) < 4.78 is 0. The van der Waals surface area contributed by atoms with Gasteiger partial charge in [-0.15, -0.1) is 48.0 Å². The number of hydrogen-bond acceptors (Lipinski definition) is 4. The largest absolute Gasteiger partial charge is 4.00 e. The number of nitrogens with zero attached hydrogens (tertiary/aromatic N) is 4. The summed E-state index contributed by atoms with van der Waals surface area (Å²) in [4.78, 5) is 9.66. The summed E-state index contributed by atoms with van der Waals surface area (Å²) in [6.07, 6.45) is 0. The minimum Gasteiger partial charge on any atom is -0.494 e. The Bertz CT molecular complexity index is 2810. The zero-order chi connectivity index (χ0) is 41.6. The summed E-state index contributed by atoms with van der Waals surface area (Å²) >= 11 is 0. The summed E-state index contributed by atoms with van der Waals surface area (Å²) in [5, 5.41) is 0. The number of hydrogen-bond donors (Lipinski definition) is 0. The standard InChI is InChI=1S/C57H46N4.Pt/c1-37-29-39(3)55(40(4)30-37)43-17-15-19-45(33-43)58-35-60(53-27-13-11-25-51(53)58)57(49-23-9-7-21-47(49)48-22-8-10-24-50(48)57)61-36-59(52-26-12-14-28-54(52)61)46-20-16-18-44(34-46)56-41(5)31-38(2)32-42(56)6;/h7-18,21-36H,1-6H3;/q-4;+4. The molecule has 62 heavy (non-hydrogen) atoms. The van der Waals surface area contributed by atoms with Crippen molar-refractivity contribution >= 4 is 34.1 Å². The molecule has 5 heteroatoms. The summed E-state index contributed by atoms with van der Waals surface area (Å²) in [5.74, 6) is 0. The van der Waals surface area contributed by atoms with Gasteiger partial charge >= 0.3 is 21.1 Å². The van der Waals surface area contributed by atoms with Crippen LogP contribution in [0.4, 0.5) is 34.1 Å². The molecule has 4 nitrogen and oxygen atoms in total. The van der Waals surface area contributed by atoms with Gasteiger partial charge in [-0.1, -0.05) is 108 Å². The zero-order valence-corrected chi connectivity index (χ0v) is 38.0. The minimum absolute atomic E-state index is 0. The fraction of sp³-hybridized carbons (Fsp3) is 0.123. The molecule has 8 aromatic rings. The van der Waals surface area contributed by atoms with E-state index in [1.807, 2.05) is 0 Å². The van der Waals surface area contributed by atoms with Crippen molar-refractivity contribution in [2.75, 3.05) is 19.6 Å². The summed E-state index contributed by atoms with van der Waals surface area (Å²) in [6.45, 7) is 17.8. The Labute approximate surface area is 381 Å². The normalized spacial score (nSPS) is 14.4. The maximum atomic E-state index is 3.65. The Balaban J connectivity index is 0.00000458. The van der Waals surface area contributed by atoms with Gasteiger partial charge in [0.25, 0.3) is 0 Å². The van der Waals surface area contributed by atoms with Crippen molar-refractivity contribution in [1.29, 1.82) is 0 Å². The van der Waals surface area contributed by atoms with Crippen LogP contribution in [0.1, 0.15) is 44.5 Å². The Morgan fingerprint density at radius 2 is 0.774 bits per heavy atom. The number of benzene rings is 8. The molecule has 0 saturated heterocycles. The van der Waals surface area contributed by atoms with Crippen molar-refractivity contribution < 1.29 is 21.1 Å². The molecule has 0 unspecified atom stereocenters. The maximum absolute atomic E-state index is 3.65. The van der Waals surface area contributed by atoms with Crippen LogP contribution >= 0.6 is 0 Å². The number of fused-ring (bicyclic) bond motifs is 5. The first-order chi connectivity index (χ1) is 29.7. The van der Waals surface area contributed by atoms with Crippen LogP contribution in [0.5, 0.6) is 0 Å². The van der Waals surface area contributed by atoms with Crippen LogP contribution in [-0.2, 0) is 26.7 Å². The molecule has 0 radical (unpaired) electrons. The first-order valence-corrected chi connectivity index (χ1v) is 21.2. The van der Waals surface area contributed by atoms with Crippen molar-refractivity contribution in [2.45, 2.75) is 47.2 Å². The van der Waals surface area contributed by atoms with E-state index in [2.05, 4.69) is 244 Å². The Kier molecular flexibility index (Phi) is 9.76. The van der Waals surface area contributed by atoms with Gasteiger partial charge in [-0.05, 0) is 110 Å². The molecule has 0 saturated carbocycles. The van der Waals surface area contributed by atoms with E-state index in [1.165, 1.54) is 77.9 Å². The number of anilines is 6. The zero-order valence-electron chi connectivity index (χ0n) is 35.8. The molecule has 11 rings (SSSR count). The van der Waals surface area contributed by atoms with Gasteiger partial charge in [-0.3, -0.25) is 0 Å². The van der Waals surface area contributed by atoms with Gasteiger partial charge in [0.15, 0.2) is 0 Å². The molecule has 0 amide bonds. The van der Waals surface area contributed by atoms with Gasteiger partial charge in [0.2, 0.25) is 0 Å². The van der Waals surface area contributed by atoms with E-state index in [4.69, 9.17) is 0 Å². The van der Waals surface area contributed by atoms with Gasteiger partial charge in [0.1, 0.15) is 5.66 Å². The van der Waals surface area contributed by atoms with Crippen LogP contribution in [0.25, 0.3) is 33.4 Å². The molecule has 1 aliphatic carbocycles. The second-order valence-electron chi connectivity index (χ2n) is 16.9. The summed E-state index contributed by atoms with van der Waals surface area (Å²) in [6, 6.07) is 65.0. The second kappa shape index (κ2) is 15.2. The fourth-order valence-electron chi connectivity index (χ4n) is 10.7. The first kappa shape index (κ1) is 39.8. The topological polar surface area (TPSA) is 13.0 Å². The van der Waals surface area contributed by atoms with Gasteiger partial charge in [0.05, 0.1) is 0 Å². The average molecular weight is 982 g/mol. The minimum atomic E-state index is -0.827. The van der Waals surface area contributed by atoms with Gasteiger partial charge in [-0.2, -0.15) is 36.4 Å². The van der Waals surface area contributed by atoms with Crippen LogP contribution in [0.15, 0.2) is 158 Å². The Hall–Kier alpha value is -6.35. The summed E-state index contributed by atoms with van der Waals surface area (Å²) in [5.41, 5.74) is 23.0. The third-order valence-electron chi connectivity index (χ3n) is 12.9. The second-order valence-corrected chi connectivity index (χ2v) is 16.9. The molecular formula is C57H46N4Pt. The molecule has 0 bridgehead atoms. The van der Waals surface area contributed by atoms with Crippen molar-refractivity contribution in [2.24, 2.45) is 0 Å². The van der Waals surface area contributed by atoms with Gasteiger partial charge in [-0.25, -0.2) is 0 Å². The molecule has 8 aromatic carbocycles. The molecule has 2 aliphatic heterocycles. The predicted molar refractivity (Wildman–Crippen MR) is 253 cm³/mol. The quantitative estimate of drug-likeness (QED) is 0.154. The van der Waals surface area contributed by atoms with Crippen LogP contribution in [0.3, 0.4) is 0 Å². The molecule has 0 fully saturated rings. The van der Waals surface area contributed by atoms with Crippen molar-refractivity contribution in [3.05, 3.63) is 228 Å². The molecule has 0 aromatic heterocycles. The fourth-order valence-corrected chi connectivity index (χ4v) is 10.7. The molecule has 0 atom stereocenters. The molecule has 2 heterocycles. The van der Waals surface area contributed by atoms with Crippen LogP contribution in [0, 0.1) is 67.0 Å². The Morgan fingerprint density at radius 3 is 1.18 bits per heavy atom. The third-order valence-corrected chi connectivity index (χ3v) is 12.9. The monoisotopic (exact) mass is 981 g/mol. The molecule has 3 aliphatic rings. The van der Waals surface area contributed by atoms with E-state index in [0.29, 0.717) is 0 Å². The predicted octanol–water partition coefficient (Wildman–Crippen LogP) is 14.2. The smallest absolute Gasteiger partial charge is 0.494 e. The number of aryl methyl sites for hydroxylation is 6. The van der Waals surface area contributed by atoms with E-state index in [0.717, 1.165) is 34.1 Å². The first-order valence-electron chi connectivity index (χ1n) is 21.2.